The zero-order valence-electron chi connectivity index (χ0n) is 15.3. The highest BCUT2D eigenvalue weighted by molar-refractivity contribution is 5.97. The van der Waals surface area contributed by atoms with Crippen molar-refractivity contribution in [1.82, 2.24) is 19.9 Å². The Morgan fingerprint density at radius 2 is 1.92 bits per heavy atom. The smallest absolute Gasteiger partial charge is 0.255 e. The van der Waals surface area contributed by atoms with Crippen molar-refractivity contribution in [2.24, 2.45) is 5.92 Å². The number of ether oxygens (including phenoxy) is 2. The van der Waals surface area contributed by atoms with Gasteiger partial charge in [0.1, 0.15) is 11.5 Å². The van der Waals surface area contributed by atoms with E-state index < -0.39 is 0 Å². The monoisotopic (exact) mass is 354 g/mol. The Morgan fingerprint density at radius 3 is 2.62 bits per heavy atom. The first-order chi connectivity index (χ1) is 12.5. The number of methoxy groups -OCH3 is 2. The third-order valence-electron chi connectivity index (χ3n) is 4.22. The summed E-state index contributed by atoms with van der Waals surface area (Å²) in [5, 5.41) is 11.5. The number of aromatic nitrogens is 3. The number of amides is 1. The number of nitrogens with zero attached hydrogens (tertiary/aromatic N) is 3. The number of rotatable bonds is 6. The molecular formula is C19H22N4O3. The van der Waals surface area contributed by atoms with Gasteiger partial charge in [-0.2, -0.15) is 0 Å². The van der Waals surface area contributed by atoms with E-state index in [9.17, 15) is 4.79 Å². The highest BCUT2D eigenvalue weighted by Crippen LogP contribution is 2.27. The van der Waals surface area contributed by atoms with Crippen LogP contribution in [0.1, 0.15) is 36.1 Å². The molecule has 0 fully saturated rings. The van der Waals surface area contributed by atoms with Gasteiger partial charge in [0, 0.05) is 12.3 Å². The number of hydrogen-bond acceptors (Lipinski definition) is 5. The van der Waals surface area contributed by atoms with Gasteiger partial charge in [0.2, 0.25) is 0 Å². The first-order valence-electron chi connectivity index (χ1n) is 8.37. The van der Waals surface area contributed by atoms with Crippen LogP contribution in [0.25, 0.3) is 5.65 Å². The molecule has 1 amide bonds. The highest BCUT2D eigenvalue weighted by Gasteiger charge is 2.25. The number of nitrogens with one attached hydrogen (secondary N) is 1. The van der Waals surface area contributed by atoms with E-state index in [0.29, 0.717) is 22.9 Å². The van der Waals surface area contributed by atoms with Gasteiger partial charge in [-0.1, -0.05) is 19.9 Å². The Hall–Kier alpha value is -3.09. The molecule has 0 saturated carbocycles. The molecule has 2 aromatic heterocycles. The third-order valence-corrected chi connectivity index (χ3v) is 4.22. The molecule has 7 nitrogen and oxygen atoms in total. The average Bonchev–Trinajstić information content (AvgIpc) is 3.08. The minimum absolute atomic E-state index is 0.121. The summed E-state index contributed by atoms with van der Waals surface area (Å²) in [6.07, 6.45) is 1.89. The van der Waals surface area contributed by atoms with E-state index in [1.807, 2.05) is 42.6 Å². The summed E-state index contributed by atoms with van der Waals surface area (Å²) in [4.78, 5) is 12.9. The first kappa shape index (κ1) is 17.7. The lowest BCUT2D eigenvalue weighted by Crippen LogP contribution is -2.33. The predicted octanol–water partition coefficient (Wildman–Crippen LogP) is 2.87. The molecule has 0 radical (unpaired) electrons. The van der Waals surface area contributed by atoms with E-state index in [-0.39, 0.29) is 17.9 Å². The molecule has 1 unspecified atom stereocenters. The molecule has 0 aliphatic carbocycles. The predicted molar refractivity (Wildman–Crippen MR) is 97.6 cm³/mol. The summed E-state index contributed by atoms with van der Waals surface area (Å²) in [6, 6.07) is 10.5. The Balaban J connectivity index is 1.93. The van der Waals surface area contributed by atoms with Crippen molar-refractivity contribution in [3.63, 3.8) is 0 Å². The first-order valence-corrected chi connectivity index (χ1v) is 8.37. The van der Waals surface area contributed by atoms with Crippen molar-refractivity contribution < 1.29 is 14.3 Å². The van der Waals surface area contributed by atoms with Gasteiger partial charge in [-0.05, 0) is 30.2 Å². The molecular weight excluding hydrogens is 332 g/mol. The van der Waals surface area contributed by atoms with Gasteiger partial charge in [0.15, 0.2) is 11.5 Å². The maximum Gasteiger partial charge on any atom is 0.255 e. The van der Waals surface area contributed by atoms with Crippen molar-refractivity contribution in [2.75, 3.05) is 14.2 Å². The zero-order chi connectivity index (χ0) is 18.7. The molecule has 0 saturated heterocycles. The molecule has 0 aliphatic rings. The second-order valence-corrected chi connectivity index (χ2v) is 6.25. The summed E-state index contributed by atoms with van der Waals surface area (Å²) in [5.74, 6) is 1.65. The molecule has 26 heavy (non-hydrogen) atoms. The molecule has 3 rings (SSSR count). The van der Waals surface area contributed by atoms with Gasteiger partial charge in [0.25, 0.3) is 5.91 Å². The second-order valence-electron chi connectivity index (χ2n) is 6.25. The quantitative estimate of drug-likeness (QED) is 0.736. The zero-order valence-corrected chi connectivity index (χ0v) is 15.3. The number of carbonyl (C=O) groups is 1. The van der Waals surface area contributed by atoms with Crippen LogP contribution in [-0.4, -0.2) is 34.7 Å². The maximum absolute atomic E-state index is 12.9. The van der Waals surface area contributed by atoms with Gasteiger partial charge in [-0.15, -0.1) is 10.2 Å². The van der Waals surface area contributed by atoms with E-state index in [1.165, 1.54) is 7.11 Å². The average molecular weight is 354 g/mol. The summed E-state index contributed by atoms with van der Waals surface area (Å²) < 4.78 is 12.4. The van der Waals surface area contributed by atoms with Crippen molar-refractivity contribution in [3.8, 4) is 11.5 Å². The fourth-order valence-electron chi connectivity index (χ4n) is 2.81. The standard InChI is InChI=1S/C19H22N4O3/c1-12(2)17(18-22-21-16-7-5-6-10-23(16)18)20-19(24)14-9-8-13(25-3)11-15(14)26-4/h5-12,17H,1-4H3,(H,20,24). The summed E-state index contributed by atoms with van der Waals surface area (Å²) in [6.45, 7) is 4.06. The van der Waals surface area contributed by atoms with Crippen LogP contribution in [-0.2, 0) is 0 Å². The largest absolute Gasteiger partial charge is 0.497 e. The minimum Gasteiger partial charge on any atom is -0.497 e. The van der Waals surface area contributed by atoms with Crippen LogP contribution in [0.5, 0.6) is 11.5 Å². The SMILES string of the molecule is COc1ccc(C(=O)NC(c2nnc3ccccn23)C(C)C)c(OC)c1. The Labute approximate surface area is 152 Å². The summed E-state index contributed by atoms with van der Waals surface area (Å²) in [5.41, 5.74) is 1.18. The Morgan fingerprint density at radius 1 is 1.12 bits per heavy atom. The number of fused-ring (bicyclic) bond motifs is 1. The van der Waals surface area contributed by atoms with E-state index in [2.05, 4.69) is 15.5 Å². The topological polar surface area (TPSA) is 77.8 Å². The van der Waals surface area contributed by atoms with E-state index in [0.717, 1.165) is 5.65 Å². The van der Waals surface area contributed by atoms with Gasteiger partial charge in [-0.3, -0.25) is 9.20 Å². The third kappa shape index (κ3) is 3.33. The number of hydrogen-bond donors (Lipinski definition) is 1. The van der Waals surface area contributed by atoms with Crippen LogP contribution in [0.3, 0.4) is 0 Å². The van der Waals surface area contributed by atoms with Crippen LogP contribution in [0.2, 0.25) is 0 Å². The fourth-order valence-corrected chi connectivity index (χ4v) is 2.81. The Bertz CT molecular complexity index is 920. The number of pyridine rings is 1. The molecule has 3 aromatic rings. The van der Waals surface area contributed by atoms with Crippen LogP contribution < -0.4 is 14.8 Å². The maximum atomic E-state index is 12.9. The van der Waals surface area contributed by atoms with E-state index in [4.69, 9.17) is 9.47 Å². The molecule has 0 aliphatic heterocycles. The lowest BCUT2D eigenvalue weighted by molar-refractivity contribution is 0.0919. The van der Waals surface area contributed by atoms with Crippen LogP contribution in [0.15, 0.2) is 42.6 Å². The Kier molecular flexibility index (Phi) is 5.06. The summed E-state index contributed by atoms with van der Waals surface area (Å²) in [7, 11) is 3.09. The second kappa shape index (κ2) is 7.43. The molecule has 136 valence electrons. The fraction of sp³-hybridized carbons (Fsp3) is 0.316. The number of benzene rings is 1. The molecule has 0 spiro atoms. The molecule has 0 bridgehead atoms. The molecule has 1 atom stereocenters. The highest BCUT2D eigenvalue weighted by atomic mass is 16.5. The van der Waals surface area contributed by atoms with Crippen molar-refractivity contribution in [1.29, 1.82) is 0 Å². The van der Waals surface area contributed by atoms with Gasteiger partial charge in [0.05, 0.1) is 25.8 Å². The molecule has 1 N–H and O–H groups in total. The molecule has 1 aromatic carbocycles. The van der Waals surface area contributed by atoms with E-state index in [1.54, 1.807) is 25.3 Å². The van der Waals surface area contributed by atoms with Crippen LogP contribution >= 0.6 is 0 Å². The lowest BCUT2D eigenvalue weighted by atomic mass is 10.0. The van der Waals surface area contributed by atoms with Crippen LogP contribution in [0, 0.1) is 5.92 Å². The van der Waals surface area contributed by atoms with Gasteiger partial charge >= 0.3 is 0 Å². The molecule has 2 heterocycles. The lowest BCUT2D eigenvalue weighted by Gasteiger charge is -2.21. The van der Waals surface area contributed by atoms with E-state index >= 15 is 0 Å². The van der Waals surface area contributed by atoms with Gasteiger partial charge < -0.3 is 14.8 Å². The van der Waals surface area contributed by atoms with Crippen molar-refractivity contribution in [2.45, 2.75) is 19.9 Å². The number of carbonyl (C=O) groups excluding carboxylic acids is 1. The van der Waals surface area contributed by atoms with Crippen LogP contribution in [0.4, 0.5) is 0 Å². The van der Waals surface area contributed by atoms with Crippen molar-refractivity contribution in [3.05, 3.63) is 54.0 Å². The summed E-state index contributed by atoms with van der Waals surface area (Å²) >= 11 is 0. The molecule has 7 heteroatoms. The minimum atomic E-state index is -0.299. The van der Waals surface area contributed by atoms with Gasteiger partial charge in [-0.25, -0.2) is 0 Å². The van der Waals surface area contributed by atoms with Crippen molar-refractivity contribution >= 4 is 11.6 Å². The normalized spacial score (nSPS) is 12.2.